The highest BCUT2D eigenvalue weighted by Crippen LogP contribution is 2.11. The van der Waals surface area contributed by atoms with Crippen LogP contribution in [0, 0.1) is 0 Å². The molecule has 2 amide bonds. The van der Waals surface area contributed by atoms with Crippen molar-refractivity contribution in [3.8, 4) is 0 Å². The lowest BCUT2D eigenvalue weighted by molar-refractivity contribution is 0.211. The highest BCUT2D eigenvalue weighted by atomic mass is 16.3. The first-order valence-electron chi connectivity index (χ1n) is 5.38. The van der Waals surface area contributed by atoms with Crippen LogP contribution in [0.25, 0.3) is 0 Å². The summed E-state index contributed by atoms with van der Waals surface area (Å²) < 4.78 is 5.16. The summed E-state index contributed by atoms with van der Waals surface area (Å²) in [5, 5.41) is 14.3. The van der Waals surface area contributed by atoms with E-state index in [1.54, 1.807) is 18.4 Å². The summed E-state index contributed by atoms with van der Waals surface area (Å²) in [6.07, 6.45) is 2.26. The number of nitrogens with one attached hydrogen (secondary N) is 2. The maximum atomic E-state index is 11.5. The predicted octanol–water partition coefficient (Wildman–Crippen LogP) is 1.41. The predicted molar refractivity (Wildman–Crippen MR) is 60.0 cm³/mol. The Hall–Kier alpha value is -1.49. The van der Waals surface area contributed by atoms with Crippen LogP contribution in [0.2, 0.25) is 0 Å². The van der Waals surface area contributed by atoms with Crippen LogP contribution in [-0.2, 0) is 0 Å². The number of rotatable bonds is 5. The molecule has 0 aromatic carbocycles. The van der Waals surface area contributed by atoms with Gasteiger partial charge in [-0.05, 0) is 25.5 Å². The quantitative estimate of drug-likeness (QED) is 0.710. The Kier molecular flexibility index (Phi) is 4.85. The lowest BCUT2D eigenvalue weighted by Gasteiger charge is -2.17. The molecule has 16 heavy (non-hydrogen) atoms. The number of aliphatic hydroxyl groups is 1. The molecule has 0 aliphatic carbocycles. The average molecular weight is 226 g/mol. The first-order valence-corrected chi connectivity index (χ1v) is 5.38. The van der Waals surface area contributed by atoms with E-state index < -0.39 is 0 Å². The molecule has 2 atom stereocenters. The molecular weight excluding hydrogens is 208 g/mol. The standard InChI is InChI=1S/C11H18N2O3/c1-3-9(7-14)13-11(15)12-8(2)10-5-4-6-16-10/h4-6,8-9,14H,3,7H2,1-2H3,(H2,12,13,15)/t8-,9-/m0/s1. The Morgan fingerprint density at radius 1 is 1.56 bits per heavy atom. The largest absolute Gasteiger partial charge is 0.467 e. The summed E-state index contributed by atoms with van der Waals surface area (Å²) in [5.74, 6) is 0.701. The third kappa shape index (κ3) is 3.58. The van der Waals surface area contributed by atoms with Crippen molar-refractivity contribution in [2.24, 2.45) is 0 Å². The number of amides is 2. The molecule has 0 aliphatic rings. The molecule has 5 heteroatoms. The second kappa shape index (κ2) is 6.17. The summed E-state index contributed by atoms with van der Waals surface area (Å²) in [6, 6.07) is 2.88. The summed E-state index contributed by atoms with van der Waals surface area (Å²) in [7, 11) is 0. The molecule has 1 rings (SSSR count). The summed E-state index contributed by atoms with van der Waals surface area (Å²) in [4.78, 5) is 11.5. The first-order chi connectivity index (χ1) is 7.67. The van der Waals surface area contributed by atoms with Gasteiger partial charge in [0.1, 0.15) is 5.76 Å². The molecule has 0 aliphatic heterocycles. The zero-order valence-corrected chi connectivity index (χ0v) is 9.56. The van der Waals surface area contributed by atoms with Gasteiger partial charge in [-0.15, -0.1) is 0 Å². The molecule has 0 spiro atoms. The zero-order chi connectivity index (χ0) is 12.0. The van der Waals surface area contributed by atoms with Crippen LogP contribution < -0.4 is 10.6 Å². The van der Waals surface area contributed by atoms with Gasteiger partial charge in [-0.2, -0.15) is 0 Å². The van der Waals surface area contributed by atoms with E-state index in [-0.39, 0.29) is 24.7 Å². The van der Waals surface area contributed by atoms with Crippen molar-refractivity contribution in [3.63, 3.8) is 0 Å². The van der Waals surface area contributed by atoms with Gasteiger partial charge in [0.2, 0.25) is 0 Å². The molecule has 3 N–H and O–H groups in total. The number of hydrogen-bond donors (Lipinski definition) is 3. The van der Waals surface area contributed by atoms with E-state index in [1.165, 1.54) is 0 Å². The number of carbonyl (C=O) groups is 1. The number of furan rings is 1. The van der Waals surface area contributed by atoms with E-state index in [1.807, 2.05) is 13.8 Å². The van der Waals surface area contributed by atoms with Gasteiger partial charge < -0.3 is 20.2 Å². The average Bonchev–Trinajstić information content (AvgIpc) is 2.79. The molecule has 0 bridgehead atoms. The highest BCUT2D eigenvalue weighted by molar-refractivity contribution is 5.74. The molecule has 0 radical (unpaired) electrons. The van der Waals surface area contributed by atoms with Crippen LogP contribution in [-0.4, -0.2) is 23.8 Å². The van der Waals surface area contributed by atoms with E-state index in [0.29, 0.717) is 12.2 Å². The van der Waals surface area contributed by atoms with Gasteiger partial charge in [-0.1, -0.05) is 6.92 Å². The minimum atomic E-state index is -0.301. The van der Waals surface area contributed by atoms with Gasteiger partial charge in [-0.25, -0.2) is 4.79 Å². The van der Waals surface area contributed by atoms with Gasteiger partial charge in [-0.3, -0.25) is 0 Å². The Morgan fingerprint density at radius 3 is 2.81 bits per heavy atom. The van der Waals surface area contributed by atoms with Crippen molar-refractivity contribution in [1.29, 1.82) is 0 Å². The summed E-state index contributed by atoms with van der Waals surface area (Å²) >= 11 is 0. The summed E-state index contributed by atoms with van der Waals surface area (Å²) in [5.41, 5.74) is 0. The lowest BCUT2D eigenvalue weighted by Crippen LogP contribution is -2.44. The van der Waals surface area contributed by atoms with Crippen molar-refractivity contribution in [1.82, 2.24) is 10.6 Å². The third-order valence-electron chi connectivity index (χ3n) is 2.37. The van der Waals surface area contributed by atoms with Gasteiger partial charge in [0.15, 0.2) is 0 Å². The lowest BCUT2D eigenvalue weighted by atomic mass is 10.2. The molecule has 0 unspecified atom stereocenters. The molecule has 0 fully saturated rings. The van der Waals surface area contributed by atoms with Gasteiger partial charge in [0, 0.05) is 0 Å². The van der Waals surface area contributed by atoms with Crippen molar-refractivity contribution < 1.29 is 14.3 Å². The molecule has 0 saturated heterocycles. The number of urea groups is 1. The van der Waals surface area contributed by atoms with Crippen LogP contribution in [0.5, 0.6) is 0 Å². The minimum Gasteiger partial charge on any atom is -0.467 e. The van der Waals surface area contributed by atoms with Crippen molar-refractivity contribution in [3.05, 3.63) is 24.2 Å². The molecule has 1 aromatic heterocycles. The fourth-order valence-corrected chi connectivity index (χ4v) is 1.31. The van der Waals surface area contributed by atoms with Crippen molar-refractivity contribution in [2.45, 2.75) is 32.4 Å². The maximum absolute atomic E-state index is 11.5. The molecule has 1 aromatic rings. The maximum Gasteiger partial charge on any atom is 0.315 e. The van der Waals surface area contributed by atoms with Crippen LogP contribution in [0.3, 0.4) is 0 Å². The monoisotopic (exact) mass is 226 g/mol. The van der Waals surface area contributed by atoms with Crippen LogP contribution >= 0.6 is 0 Å². The van der Waals surface area contributed by atoms with Gasteiger partial charge in [0.25, 0.3) is 0 Å². The number of aliphatic hydroxyl groups excluding tert-OH is 1. The van der Waals surface area contributed by atoms with Gasteiger partial charge in [0.05, 0.1) is 25.0 Å². The van der Waals surface area contributed by atoms with E-state index in [9.17, 15) is 4.79 Å². The first kappa shape index (κ1) is 12.6. The molecular formula is C11H18N2O3. The normalized spacial score (nSPS) is 14.2. The highest BCUT2D eigenvalue weighted by Gasteiger charge is 2.13. The molecule has 90 valence electrons. The van der Waals surface area contributed by atoms with Crippen LogP contribution in [0.1, 0.15) is 32.1 Å². The number of hydrogen-bond acceptors (Lipinski definition) is 3. The van der Waals surface area contributed by atoms with Crippen molar-refractivity contribution in [2.75, 3.05) is 6.61 Å². The minimum absolute atomic E-state index is 0.0565. The topological polar surface area (TPSA) is 74.5 Å². The Bertz CT molecular complexity index is 307. The molecule has 0 saturated carbocycles. The fourth-order valence-electron chi connectivity index (χ4n) is 1.31. The Labute approximate surface area is 94.8 Å². The Morgan fingerprint density at radius 2 is 2.31 bits per heavy atom. The summed E-state index contributed by atoms with van der Waals surface area (Å²) in [6.45, 7) is 3.68. The molecule has 5 nitrogen and oxygen atoms in total. The number of carbonyl (C=O) groups excluding carboxylic acids is 1. The van der Waals surface area contributed by atoms with E-state index >= 15 is 0 Å². The van der Waals surface area contributed by atoms with Crippen LogP contribution in [0.15, 0.2) is 22.8 Å². The fraction of sp³-hybridized carbons (Fsp3) is 0.545. The SMILES string of the molecule is CC[C@@H](CO)NC(=O)N[C@@H](C)c1ccco1. The molecule has 1 heterocycles. The van der Waals surface area contributed by atoms with E-state index in [4.69, 9.17) is 9.52 Å². The van der Waals surface area contributed by atoms with E-state index in [0.717, 1.165) is 0 Å². The van der Waals surface area contributed by atoms with Gasteiger partial charge >= 0.3 is 6.03 Å². The second-order valence-corrected chi connectivity index (χ2v) is 3.64. The second-order valence-electron chi connectivity index (χ2n) is 3.64. The van der Waals surface area contributed by atoms with Crippen LogP contribution in [0.4, 0.5) is 4.79 Å². The van der Waals surface area contributed by atoms with Crippen molar-refractivity contribution >= 4 is 6.03 Å². The Balaban J connectivity index is 2.39. The van der Waals surface area contributed by atoms with E-state index in [2.05, 4.69) is 10.6 Å². The third-order valence-corrected chi connectivity index (χ3v) is 2.37. The smallest absolute Gasteiger partial charge is 0.315 e. The zero-order valence-electron chi connectivity index (χ0n) is 9.56.